The molecule has 9 heteroatoms. The zero-order chi connectivity index (χ0) is 23.5. The molecule has 0 unspecified atom stereocenters. The van der Waals surface area contributed by atoms with E-state index in [0.29, 0.717) is 30.1 Å². The van der Waals surface area contributed by atoms with E-state index in [4.69, 9.17) is 9.47 Å². The first-order valence-corrected chi connectivity index (χ1v) is 12.4. The van der Waals surface area contributed by atoms with E-state index in [2.05, 4.69) is 20.1 Å². The fourth-order valence-corrected chi connectivity index (χ4v) is 5.12. The smallest absolute Gasteiger partial charge is 0.224 e. The molecule has 8 nitrogen and oxygen atoms in total. The highest BCUT2D eigenvalue weighted by molar-refractivity contribution is 7.99. The molecule has 5 rings (SSSR count). The van der Waals surface area contributed by atoms with Crippen molar-refractivity contribution >= 4 is 29.1 Å². The van der Waals surface area contributed by atoms with Crippen molar-refractivity contribution in [3.63, 3.8) is 0 Å². The molecule has 1 saturated heterocycles. The number of aryl methyl sites for hydroxylation is 1. The fraction of sp³-hybridized carbons (Fsp3) is 0.360. The Morgan fingerprint density at radius 1 is 1.21 bits per heavy atom. The van der Waals surface area contributed by atoms with Gasteiger partial charge in [-0.1, -0.05) is 11.8 Å². The summed E-state index contributed by atoms with van der Waals surface area (Å²) in [6.45, 7) is 1.41. The van der Waals surface area contributed by atoms with Crippen molar-refractivity contribution in [3.05, 3.63) is 53.6 Å². The van der Waals surface area contributed by atoms with Gasteiger partial charge >= 0.3 is 0 Å². The van der Waals surface area contributed by atoms with E-state index in [9.17, 15) is 9.59 Å². The lowest BCUT2D eigenvalue weighted by Crippen LogP contribution is -2.19. The third-order valence-corrected chi connectivity index (χ3v) is 7.10. The summed E-state index contributed by atoms with van der Waals surface area (Å²) in [4.78, 5) is 24.6. The Bertz CT molecular complexity index is 1200. The molecule has 1 N–H and O–H groups in total. The predicted molar refractivity (Wildman–Crippen MR) is 129 cm³/mol. The molecule has 2 aromatic carbocycles. The van der Waals surface area contributed by atoms with Crippen molar-refractivity contribution < 1.29 is 19.1 Å². The predicted octanol–water partition coefficient (Wildman–Crippen LogP) is 3.99. The first kappa shape index (κ1) is 22.6. The van der Waals surface area contributed by atoms with E-state index < -0.39 is 0 Å². The Hall–Kier alpha value is -3.17. The van der Waals surface area contributed by atoms with Crippen molar-refractivity contribution in [3.8, 4) is 17.1 Å². The van der Waals surface area contributed by atoms with E-state index in [-0.39, 0.29) is 23.5 Å². The summed E-state index contributed by atoms with van der Waals surface area (Å²) in [6.07, 6.45) is 3.24. The van der Waals surface area contributed by atoms with Crippen LogP contribution < -0.4 is 10.1 Å². The second-order valence-electron chi connectivity index (χ2n) is 8.41. The maximum absolute atomic E-state index is 13.0. The Kier molecular flexibility index (Phi) is 6.64. The molecular weight excluding hydrogens is 452 g/mol. The van der Waals surface area contributed by atoms with Crippen LogP contribution in [0.3, 0.4) is 0 Å². The Morgan fingerprint density at radius 3 is 2.82 bits per heavy atom. The van der Waals surface area contributed by atoms with Gasteiger partial charge in [-0.15, -0.1) is 10.2 Å². The van der Waals surface area contributed by atoms with Crippen LogP contribution in [0.1, 0.15) is 35.2 Å². The van der Waals surface area contributed by atoms with Gasteiger partial charge < -0.3 is 14.8 Å². The van der Waals surface area contributed by atoms with Crippen LogP contribution in [0.25, 0.3) is 11.4 Å². The number of methoxy groups -OCH3 is 1. The molecule has 1 aromatic heterocycles. The number of carbonyl (C=O) groups excluding carboxylic acids is 2. The number of nitrogens with zero attached hydrogens (tertiary/aromatic N) is 3. The lowest BCUT2D eigenvalue weighted by molar-refractivity contribution is -0.116. The summed E-state index contributed by atoms with van der Waals surface area (Å²) in [5.41, 5.74) is 3.36. The largest absolute Gasteiger partial charge is 0.497 e. The molecule has 0 bridgehead atoms. The van der Waals surface area contributed by atoms with Crippen LogP contribution in [-0.4, -0.2) is 52.0 Å². The average molecular weight is 479 g/mol. The normalized spacial score (nSPS) is 17.3. The zero-order valence-corrected chi connectivity index (χ0v) is 19.8. The van der Waals surface area contributed by atoms with E-state index in [1.807, 2.05) is 36.4 Å². The number of fused-ring (bicyclic) bond motifs is 1. The van der Waals surface area contributed by atoms with Gasteiger partial charge in [-0.3, -0.25) is 14.2 Å². The number of benzene rings is 2. The van der Waals surface area contributed by atoms with Crippen molar-refractivity contribution in [2.45, 2.75) is 43.5 Å². The minimum atomic E-state index is 0.0142. The Labute approximate surface area is 202 Å². The molecule has 0 saturated carbocycles. The number of hydrogen-bond donors (Lipinski definition) is 1. The standard InChI is InChI=1S/C25H26N4O4S/c1-32-19-8-4-16(5-9-19)24-27-28-25(29(24)14-20-3-2-12-33-20)34-15-22(30)18-6-10-21-17(13-18)7-11-23(31)26-21/h4-6,8-10,13,20H,2-3,7,11-12,14-15H2,1H3,(H,26,31)/t20-/m0/s1. The van der Waals surface area contributed by atoms with Crippen LogP contribution in [0, 0.1) is 0 Å². The number of ether oxygens (including phenoxy) is 2. The van der Waals surface area contributed by atoms with Crippen LogP contribution in [0.4, 0.5) is 5.69 Å². The molecule has 0 aliphatic carbocycles. The van der Waals surface area contributed by atoms with Crippen molar-refractivity contribution in [2.24, 2.45) is 0 Å². The van der Waals surface area contributed by atoms with Gasteiger partial charge in [-0.05, 0) is 67.3 Å². The highest BCUT2D eigenvalue weighted by Gasteiger charge is 2.23. The first-order valence-electron chi connectivity index (χ1n) is 11.4. The van der Waals surface area contributed by atoms with Crippen LogP contribution in [0.15, 0.2) is 47.6 Å². The highest BCUT2D eigenvalue weighted by Crippen LogP contribution is 2.29. The Morgan fingerprint density at radius 2 is 2.06 bits per heavy atom. The number of hydrogen-bond acceptors (Lipinski definition) is 7. The van der Waals surface area contributed by atoms with Gasteiger partial charge in [0.05, 0.1) is 25.5 Å². The average Bonchev–Trinajstić information content (AvgIpc) is 3.52. The molecule has 1 atom stereocenters. The monoisotopic (exact) mass is 478 g/mol. The van der Waals surface area contributed by atoms with Crippen molar-refractivity contribution in [1.82, 2.24) is 14.8 Å². The lowest BCUT2D eigenvalue weighted by atomic mass is 9.99. The van der Waals surface area contributed by atoms with E-state index in [1.165, 1.54) is 11.8 Å². The van der Waals surface area contributed by atoms with Gasteiger partial charge in [-0.25, -0.2) is 0 Å². The van der Waals surface area contributed by atoms with Crippen LogP contribution >= 0.6 is 11.8 Å². The topological polar surface area (TPSA) is 95.3 Å². The summed E-state index contributed by atoms with van der Waals surface area (Å²) in [7, 11) is 1.64. The van der Waals surface area contributed by atoms with Crippen molar-refractivity contribution in [2.75, 3.05) is 24.8 Å². The number of rotatable bonds is 8. The Balaban J connectivity index is 1.35. The molecule has 1 fully saturated rings. The minimum absolute atomic E-state index is 0.0142. The summed E-state index contributed by atoms with van der Waals surface area (Å²) >= 11 is 1.38. The quantitative estimate of drug-likeness (QED) is 0.386. The lowest BCUT2D eigenvalue weighted by Gasteiger charge is -2.17. The third kappa shape index (κ3) is 4.85. The number of carbonyl (C=O) groups is 2. The molecule has 1 amide bonds. The highest BCUT2D eigenvalue weighted by atomic mass is 32.2. The maximum atomic E-state index is 13.0. The molecule has 3 heterocycles. The molecule has 3 aromatic rings. The van der Waals surface area contributed by atoms with Crippen LogP contribution in [0.2, 0.25) is 0 Å². The van der Waals surface area contributed by atoms with E-state index >= 15 is 0 Å². The minimum Gasteiger partial charge on any atom is -0.497 e. The van der Waals surface area contributed by atoms with Gasteiger partial charge in [-0.2, -0.15) is 0 Å². The summed E-state index contributed by atoms with van der Waals surface area (Å²) in [6, 6.07) is 13.2. The fourth-order valence-electron chi connectivity index (χ4n) is 4.28. The molecular formula is C25H26N4O4S. The zero-order valence-electron chi connectivity index (χ0n) is 19.0. The number of Topliss-reactive ketones (excluding diaryl/α,β-unsaturated/α-hetero) is 1. The summed E-state index contributed by atoms with van der Waals surface area (Å²) < 4.78 is 13.2. The molecule has 2 aliphatic rings. The second-order valence-corrected chi connectivity index (χ2v) is 9.35. The number of nitrogens with one attached hydrogen (secondary N) is 1. The molecule has 0 radical (unpaired) electrons. The van der Waals surface area contributed by atoms with Gasteiger partial charge in [0.25, 0.3) is 0 Å². The number of anilines is 1. The first-order chi connectivity index (χ1) is 16.6. The van der Waals surface area contributed by atoms with Gasteiger partial charge in [0.2, 0.25) is 5.91 Å². The number of ketones is 1. The van der Waals surface area contributed by atoms with Gasteiger partial charge in [0, 0.05) is 29.8 Å². The van der Waals surface area contributed by atoms with Gasteiger partial charge in [0.1, 0.15) is 5.75 Å². The number of aromatic nitrogens is 3. The summed E-state index contributed by atoms with van der Waals surface area (Å²) in [5.74, 6) is 1.80. The third-order valence-electron chi connectivity index (χ3n) is 6.13. The molecule has 0 spiro atoms. The molecule has 2 aliphatic heterocycles. The van der Waals surface area contributed by atoms with Crippen LogP contribution in [-0.2, 0) is 22.5 Å². The van der Waals surface area contributed by atoms with E-state index in [0.717, 1.165) is 47.8 Å². The SMILES string of the molecule is COc1ccc(-c2nnc(SCC(=O)c3ccc4c(c3)CCC(=O)N4)n2C[C@@H]2CCCO2)cc1. The number of thioether (sulfide) groups is 1. The summed E-state index contributed by atoms with van der Waals surface area (Å²) in [5, 5.41) is 12.4. The molecule has 176 valence electrons. The van der Waals surface area contributed by atoms with Crippen LogP contribution in [0.5, 0.6) is 5.75 Å². The van der Waals surface area contributed by atoms with E-state index in [1.54, 1.807) is 13.2 Å². The number of amides is 1. The molecule has 34 heavy (non-hydrogen) atoms. The van der Waals surface area contributed by atoms with Crippen molar-refractivity contribution in [1.29, 1.82) is 0 Å². The second kappa shape index (κ2) is 9.99. The van der Waals surface area contributed by atoms with Gasteiger partial charge in [0.15, 0.2) is 16.8 Å². The maximum Gasteiger partial charge on any atom is 0.224 e.